The fourth-order valence-corrected chi connectivity index (χ4v) is 5.41. The molecule has 37 heavy (non-hydrogen) atoms. The average molecular weight is 512 g/mol. The van der Waals surface area contributed by atoms with E-state index in [4.69, 9.17) is 11.6 Å². The normalized spacial score (nSPS) is 15.7. The highest BCUT2D eigenvalue weighted by molar-refractivity contribution is 6.33. The molecule has 3 amide bonds. The Bertz CT molecular complexity index is 1510. The van der Waals surface area contributed by atoms with Crippen molar-refractivity contribution in [2.75, 3.05) is 11.4 Å². The van der Waals surface area contributed by atoms with Crippen LogP contribution in [0.15, 0.2) is 72.9 Å². The summed E-state index contributed by atoms with van der Waals surface area (Å²) in [5, 5.41) is 3.13. The number of imidazole rings is 1. The van der Waals surface area contributed by atoms with Gasteiger partial charge < -0.3 is 4.57 Å². The number of urea groups is 1. The maximum atomic E-state index is 12.3. The van der Waals surface area contributed by atoms with Gasteiger partial charge in [0.15, 0.2) is 0 Å². The fraction of sp³-hybridized carbons (Fsp3) is 0.207. The van der Waals surface area contributed by atoms with E-state index in [-0.39, 0.29) is 12.3 Å². The standard InChI is InChI=1S/C29H26ClN5O2/c1-33-27(35-13-12-26(36)32-29(35)37)15-31-28(33)21-10-11-22-17-34(18-23(22)14-21)16-19-6-8-20(9-7-19)24-4-2-3-5-25(24)30/h2-11,14-15H,12-13,16-18H2,1H3,(H,32,36,37). The summed E-state index contributed by atoms with van der Waals surface area (Å²) in [7, 11) is 1.90. The first kappa shape index (κ1) is 23.5. The van der Waals surface area contributed by atoms with E-state index < -0.39 is 6.03 Å². The van der Waals surface area contributed by atoms with Crippen LogP contribution in [0.1, 0.15) is 23.1 Å². The predicted molar refractivity (Wildman–Crippen MR) is 144 cm³/mol. The number of benzene rings is 3. The lowest BCUT2D eigenvalue weighted by molar-refractivity contribution is -0.120. The predicted octanol–water partition coefficient (Wildman–Crippen LogP) is 5.37. The van der Waals surface area contributed by atoms with Gasteiger partial charge in [0, 0.05) is 55.8 Å². The minimum absolute atomic E-state index is 0.247. The molecule has 2 aliphatic rings. The SMILES string of the molecule is Cn1c(N2CCC(=O)NC2=O)cnc1-c1ccc2c(c1)CN(Cc1ccc(-c3ccccc3Cl)cc1)C2. The monoisotopic (exact) mass is 511 g/mol. The van der Waals surface area contributed by atoms with Gasteiger partial charge in [-0.1, -0.05) is 66.2 Å². The summed E-state index contributed by atoms with van der Waals surface area (Å²) in [6.45, 7) is 2.98. The first-order valence-electron chi connectivity index (χ1n) is 12.3. The minimum Gasteiger partial charge on any atom is -0.314 e. The maximum absolute atomic E-state index is 12.3. The molecule has 0 aliphatic carbocycles. The van der Waals surface area contributed by atoms with Crippen molar-refractivity contribution in [1.82, 2.24) is 19.8 Å². The lowest BCUT2D eigenvalue weighted by atomic mass is 10.0. The molecular weight excluding hydrogens is 486 g/mol. The smallest absolute Gasteiger partial charge is 0.314 e. The molecule has 0 spiro atoms. The second kappa shape index (κ2) is 9.50. The number of hydrogen-bond donors (Lipinski definition) is 1. The summed E-state index contributed by atoms with van der Waals surface area (Å²) in [5.41, 5.74) is 7.04. The first-order chi connectivity index (χ1) is 18.0. The summed E-state index contributed by atoms with van der Waals surface area (Å²) in [6, 6.07) is 22.6. The van der Waals surface area contributed by atoms with Crippen LogP contribution in [0.2, 0.25) is 5.02 Å². The Kier molecular flexibility index (Phi) is 6.02. The van der Waals surface area contributed by atoms with Crippen molar-refractivity contribution >= 4 is 29.4 Å². The van der Waals surface area contributed by atoms with Crippen LogP contribution in [0.3, 0.4) is 0 Å². The van der Waals surface area contributed by atoms with Gasteiger partial charge in [0.2, 0.25) is 5.91 Å². The lowest BCUT2D eigenvalue weighted by Gasteiger charge is -2.26. The van der Waals surface area contributed by atoms with Gasteiger partial charge in [-0.3, -0.25) is 19.9 Å². The Hall–Kier alpha value is -3.94. The quantitative estimate of drug-likeness (QED) is 0.391. The third-order valence-electron chi connectivity index (χ3n) is 7.09. The molecule has 1 aromatic heterocycles. The second-order valence-corrected chi connectivity index (χ2v) is 9.97. The lowest BCUT2D eigenvalue weighted by Crippen LogP contribution is -2.50. The number of carbonyl (C=O) groups is 2. The third-order valence-corrected chi connectivity index (χ3v) is 7.42. The van der Waals surface area contributed by atoms with Crippen LogP contribution in [-0.4, -0.2) is 32.9 Å². The fourth-order valence-electron chi connectivity index (χ4n) is 5.16. The van der Waals surface area contributed by atoms with Crippen molar-refractivity contribution in [2.24, 2.45) is 7.05 Å². The van der Waals surface area contributed by atoms with Crippen molar-refractivity contribution in [3.63, 3.8) is 0 Å². The van der Waals surface area contributed by atoms with E-state index in [1.807, 2.05) is 35.9 Å². The van der Waals surface area contributed by atoms with Gasteiger partial charge >= 0.3 is 6.03 Å². The molecule has 0 unspecified atom stereocenters. The minimum atomic E-state index is -0.407. The molecule has 4 aromatic rings. The van der Waals surface area contributed by atoms with Crippen LogP contribution in [-0.2, 0) is 31.5 Å². The average Bonchev–Trinajstić information content (AvgIpc) is 3.47. The molecule has 2 aliphatic heterocycles. The van der Waals surface area contributed by atoms with E-state index in [0.29, 0.717) is 12.4 Å². The maximum Gasteiger partial charge on any atom is 0.329 e. The van der Waals surface area contributed by atoms with Crippen molar-refractivity contribution in [2.45, 2.75) is 26.1 Å². The first-order valence-corrected chi connectivity index (χ1v) is 12.7. The number of anilines is 1. The highest BCUT2D eigenvalue weighted by Crippen LogP contribution is 2.32. The third kappa shape index (κ3) is 4.52. The highest BCUT2D eigenvalue weighted by atomic mass is 35.5. The van der Waals surface area contributed by atoms with Crippen molar-refractivity contribution in [3.05, 3.63) is 94.6 Å². The van der Waals surface area contributed by atoms with Gasteiger partial charge in [-0.05, 0) is 34.4 Å². The van der Waals surface area contributed by atoms with E-state index >= 15 is 0 Å². The second-order valence-electron chi connectivity index (χ2n) is 9.56. The number of nitrogens with one attached hydrogen (secondary N) is 1. The Balaban J connectivity index is 1.16. The zero-order valence-corrected chi connectivity index (χ0v) is 21.2. The van der Waals surface area contributed by atoms with Gasteiger partial charge in [-0.2, -0.15) is 0 Å². The number of halogens is 1. The largest absolute Gasteiger partial charge is 0.329 e. The van der Waals surface area contributed by atoms with Crippen LogP contribution in [0.4, 0.5) is 10.6 Å². The summed E-state index contributed by atoms with van der Waals surface area (Å²) in [6.07, 6.45) is 1.97. The number of aromatic nitrogens is 2. The topological polar surface area (TPSA) is 70.5 Å². The van der Waals surface area contributed by atoms with E-state index in [1.54, 1.807) is 11.1 Å². The van der Waals surface area contributed by atoms with Gasteiger partial charge in [0.25, 0.3) is 0 Å². The van der Waals surface area contributed by atoms with E-state index in [1.165, 1.54) is 16.7 Å². The molecule has 1 N–H and O–H groups in total. The zero-order valence-electron chi connectivity index (χ0n) is 20.4. The van der Waals surface area contributed by atoms with Gasteiger partial charge in [-0.25, -0.2) is 9.78 Å². The number of carbonyl (C=O) groups excluding carboxylic acids is 2. The van der Waals surface area contributed by atoms with Crippen LogP contribution in [0.25, 0.3) is 22.5 Å². The van der Waals surface area contributed by atoms with E-state index in [9.17, 15) is 9.59 Å². The molecule has 0 atom stereocenters. The Morgan fingerprint density at radius 3 is 2.49 bits per heavy atom. The molecule has 3 heterocycles. The Morgan fingerprint density at radius 2 is 1.70 bits per heavy atom. The molecule has 186 valence electrons. The van der Waals surface area contributed by atoms with Crippen LogP contribution in [0.5, 0.6) is 0 Å². The summed E-state index contributed by atoms with van der Waals surface area (Å²) in [4.78, 5) is 32.4. The summed E-state index contributed by atoms with van der Waals surface area (Å²) >= 11 is 6.36. The van der Waals surface area contributed by atoms with Gasteiger partial charge in [0.05, 0.1) is 6.20 Å². The number of nitrogens with zero attached hydrogens (tertiary/aromatic N) is 4. The van der Waals surface area contributed by atoms with E-state index in [2.05, 4.69) is 57.7 Å². The number of fused-ring (bicyclic) bond motifs is 1. The molecule has 1 saturated heterocycles. The van der Waals surface area contributed by atoms with Crippen LogP contribution < -0.4 is 10.2 Å². The molecule has 1 fully saturated rings. The van der Waals surface area contributed by atoms with Crippen LogP contribution in [0, 0.1) is 0 Å². The number of hydrogen-bond acceptors (Lipinski definition) is 4. The summed E-state index contributed by atoms with van der Waals surface area (Å²) in [5.74, 6) is 1.21. The molecular formula is C29H26ClN5O2. The molecule has 7 nitrogen and oxygen atoms in total. The molecule has 0 radical (unpaired) electrons. The van der Waals surface area contributed by atoms with Crippen molar-refractivity contribution < 1.29 is 9.59 Å². The molecule has 3 aromatic carbocycles. The number of rotatable bonds is 5. The number of amides is 3. The highest BCUT2D eigenvalue weighted by Gasteiger charge is 2.27. The molecule has 0 saturated carbocycles. The molecule has 0 bridgehead atoms. The summed E-state index contributed by atoms with van der Waals surface area (Å²) < 4.78 is 1.91. The van der Waals surface area contributed by atoms with Gasteiger partial charge in [0.1, 0.15) is 11.6 Å². The molecule has 8 heteroatoms. The van der Waals surface area contributed by atoms with Crippen molar-refractivity contribution in [3.8, 4) is 22.5 Å². The zero-order chi connectivity index (χ0) is 25.5. The Morgan fingerprint density at radius 1 is 0.946 bits per heavy atom. The molecule has 6 rings (SSSR count). The van der Waals surface area contributed by atoms with Crippen LogP contribution >= 0.6 is 11.6 Å². The van der Waals surface area contributed by atoms with Gasteiger partial charge in [-0.15, -0.1) is 0 Å². The number of imide groups is 1. The van der Waals surface area contributed by atoms with Crippen molar-refractivity contribution in [1.29, 1.82) is 0 Å². The van der Waals surface area contributed by atoms with E-state index in [0.717, 1.165) is 47.2 Å². The Labute approximate surface area is 220 Å².